The zero-order chi connectivity index (χ0) is 10.4. The van der Waals surface area contributed by atoms with Crippen molar-refractivity contribution in [3.8, 4) is 0 Å². The number of carbonyl (C=O) groups is 1. The van der Waals surface area contributed by atoms with Gasteiger partial charge in [0.1, 0.15) is 0 Å². The smallest absolute Gasteiger partial charge is 0.0496 e. The molecule has 0 aromatic rings. The molecule has 0 amide bonds. The molecule has 0 aromatic heterocycles. The van der Waals surface area contributed by atoms with Gasteiger partial charge in [-0.1, -0.05) is 19.1 Å². The first-order chi connectivity index (χ1) is 5.99. The number of rotatable bonds is 6. The Labute approximate surface area is 79.1 Å². The van der Waals surface area contributed by atoms with Crippen LogP contribution in [0.3, 0.4) is 0 Å². The van der Waals surface area contributed by atoms with Crippen LogP contribution in [-0.4, -0.2) is 17.7 Å². The van der Waals surface area contributed by atoms with Crippen LogP contribution in [-0.2, 0) is 4.79 Å². The van der Waals surface area contributed by atoms with E-state index in [9.17, 15) is 9.90 Å². The number of carboxylic acids is 1. The molecule has 0 aliphatic heterocycles. The summed E-state index contributed by atoms with van der Waals surface area (Å²) in [5.74, 6) is -1.46. The van der Waals surface area contributed by atoms with Gasteiger partial charge in [-0.3, -0.25) is 0 Å². The Bertz CT molecular complexity index is 187. The first-order valence-electron chi connectivity index (χ1n) is 4.46. The molecule has 76 valence electrons. The molecule has 1 N–H and O–H groups in total. The lowest BCUT2D eigenvalue weighted by Crippen LogP contribution is -2.29. The average molecular weight is 185 g/mol. The van der Waals surface area contributed by atoms with Crippen molar-refractivity contribution in [2.45, 2.75) is 26.7 Å². The Hall–Kier alpha value is -0.830. The molecule has 0 spiro atoms. The Morgan fingerprint density at radius 3 is 2.38 bits per heavy atom. The van der Waals surface area contributed by atoms with Crippen LogP contribution in [0.1, 0.15) is 26.7 Å². The highest BCUT2D eigenvalue weighted by molar-refractivity contribution is 5.66. The van der Waals surface area contributed by atoms with Gasteiger partial charge in [0.05, 0.1) is 0 Å². The fourth-order valence-electron chi connectivity index (χ4n) is 1.06. The van der Waals surface area contributed by atoms with E-state index in [-0.39, 0.29) is 12.5 Å². The van der Waals surface area contributed by atoms with Gasteiger partial charge in [-0.2, -0.15) is 0 Å². The second kappa shape index (κ2) is 5.75. The molecule has 2 unspecified atom stereocenters. The van der Waals surface area contributed by atoms with Crippen molar-refractivity contribution >= 4 is 5.97 Å². The second-order valence-corrected chi connectivity index (χ2v) is 3.52. The van der Waals surface area contributed by atoms with Gasteiger partial charge in [0.25, 0.3) is 0 Å². The fraction of sp³-hybridized carbons (Fsp3) is 0.700. The van der Waals surface area contributed by atoms with E-state index < -0.39 is 11.9 Å². The van der Waals surface area contributed by atoms with Crippen molar-refractivity contribution in [3.05, 3.63) is 12.2 Å². The lowest BCUT2D eigenvalue weighted by molar-refractivity contribution is -0.311. The topological polar surface area (TPSA) is 60.4 Å². The Morgan fingerprint density at radius 1 is 1.54 bits per heavy atom. The van der Waals surface area contributed by atoms with Crippen molar-refractivity contribution in [3.63, 3.8) is 0 Å². The van der Waals surface area contributed by atoms with Gasteiger partial charge in [-0.05, 0) is 25.7 Å². The van der Waals surface area contributed by atoms with Gasteiger partial charge in [0.15, 0.2) is 0 Å². The summed E-state index contributed by atoms with van der Waals surface area (Å²) in [5.41, 5.74) is 0.896. The molecule has 0 heterocycles. The summed E-state index contributed by atoms with van der Waals surface area (Å²) < 4.78 is 0. The maximum absolute atomic E-state index is 10.4. The molecule has 0 aliphatic carbocycles. The molecule has 0 aliphatic rings. The number of aliphatic carboxylic acids is 1. The summed E-state index contributed by atoms with van der Waals surface area (Å²) in [6, 6.07) is 0. The quantitative estimate of drug-likeness (QED) is 0.607. The molecule has 0 saturated carbocycles. The minimum atomic E-state index is -1.03. The molecular weight excluding hydrogens is 168 g/mol. The molecule has 0 rings (SSSR count). The lowest BCUT2D eigenvalue weighted by atomic mass is 9.93. The van der Waals surface area contributed by atoms with Gasteiger partial charge < -0.3 is 15.0 Å². The molecule has 13 heavy (non-hydrogen) atoms. The molecule has 3 nitrogen and oxygen atoms in total. The average Bonchev–Trinajstić information content (AvgIpc) is 2.04. The van der Waals surface area contributed by atoms with E-state index in [1.54, 1.807) is 6.92 Å². The molecule has 0 radical (unpaired) electrons. The zero-order valence-corrected chi connectivity index (χ0v) is 8.25. The summed E-state index contributed by atoms with van der Waals surface area (Å²) in [4.78, 5) is 10.4. The van der Waals surface area contributed by atoms with Crippen molar-refractivity contribution < 1.29 is 15.0 Å². The van der Waals surface area contributed by atoms with Crippen LogP contribution < -0.4 is 5.11 Å². The third-order valence-electron chi connectivity index (χ3n) is 2.27. The monoisotopic (exact) mass is 185 g/mol. The van der Waals surface area contributed by atoms with Crippen LogP contribution in [0.4, 0.5) is 0 Å². The molecule has 3 heteroatoms. The first kappa shape index (κ1) is 12.2. The third-order valence-corrected chi connectivity index (χ3v) is 2.27. The zero-order valence-electron chi connectivity index (χ0n) is 8.25. The number of aliphatic hydroxyl groups is 1. The normalized spacial score (nSPS) is 15.0. The van der Waals surface area contributed by atoms with Crippen LogP contribution in [0.2, 0.25) is 0 Å². The number of aliphatic hydroxyl groups excluding tert-OH is 1. The van der Waals surface area contributed by atoms with Crippen molar-refractivity contribution in [1.82, 2.24) is 0 Å². The van der Waals surface area contributed by atoms with Gasteiger partial charge >= 0.3 is 0 Å². The predicted octanol–water partition coefficient (Wildman–Crippen LogP) is 0.337. The van der Waals surface area contributed by atoms with E-state index in [1.165, 1.54) is 0 Å². The highest BCUT2D eigenvalue weighted by Gasteiger charge is 2.10. The van der Waals surface area contributed by atoms with Crippen LogP contribution in [0.25, 0.3) is 0 Å². The largest absolute Gasteiger partial charge is 0.550 e. The summed E-state index contributed by atoms with van der Waals surface area (Å²) in [5, 5.41) is 19.3. The van der Waals surface area contributed by atoms with Crippen molar-refractivity contribution in [2.75, 3.05) is 6.61 Å². The SMILES string of the molecule is C=C(C)C(CO)CCC(C)C(=O)[O-]. The molecule has 0 bridgehead atoms. The van der Waals surface area contributed by atoms with E-state index in [4.69, 9.17) is 5.11 Å². The second-order valence-electron chi connectivity index (χ2n) is 3.52. The molecule has 0 fully saturated rings. The van der Waals surface area contributed by atoms with Crippen LogP contribution in [0.15, 0.2) is 12.2 Å². The van der Waals surface area contributed by atoms with Gasteiger partial charge in [-0.15, -0.1) is 0 Å². The lowest BCUT2D eigenvalue weighted by Gasteiger charge is -2.17. The summed E-state index contributed by atoms with van der Waals surface area (Å²) in [6.45, 7) is 7.21. The Kier molecular flexibility index (Phi) is 5.39. The van der Waals surface area contributed by atoms with Gasteiger partial charge in [-0.25, -0.2) is 0 Å². The maximum Gasteiger partial charge on any atom is 0.0496 e. The molecular formula is C10H17O3-. The van der Waals surface area contributed by atoms with E-state index in [0.29, 0.717) is 12.8 Å². The van der Waals surface area contributed by atoms with Crippen LogP contribution in [0, 0.1) is 11.8 Å². The van der Waals surface area contributed by atoms with Gasteiger partial charge in [0.2, 0.25) is 0 Å². The number of hydrogen-bond donors (Lipinski definition) is 1. The Morgan fingerprint density at radius 2 is 2.08 bits per heavy atom. The van der Waals surface area contributed by atoms with Crippen molar-refractivity contribution in [2.24, 2.45) is 11.8 Å². The van der Waals surface area contributed by atoms with E-state index in [0.717, 1.165) is 5.57 Å². The fourth-order valence-corrected chi connectivity index (χ4v) is 1.06. The summed E-state index contributed by atoms with van der Waals surface area (Å²) in [7, 11) is 0. The molecule has 2 atom stereocenters. The molecule has 0 saturated heterocycles. The number of hydrogen-bond acceptors (Lipinski definition) is 3. The number of carboxylic acid groups (broad SMARTS) is 1. The highest BCUT2D eigenvalue weighted by atomic mass is 16.4. The third kappa shape index (κ3) is 4.68. The number of carbonyl (C=O) groups excluding carboxylic acids is 1. The minimum absolute atomic E-state index is 0.0156. The predicted molar refractivity (Wildman–Crippen MR) is 48.8 cm³/mol. The summed E-state index contributed by atoms with van der Waals surface area (Å²) >= 11 is 0. The highest BCUT2D eigenvalue weighted by Crippen LogP contribution is 2.17. The first-order valence-corrected chi connectivity index (χ1v) is 4.46. The van der Waals surface area contributed by atoms with E-state index in [2.05, 4.69) is 6.58 Å². The summed E-state index contributed by atoms with van der Waals surface area (Å²) in [6.07, 6.45) is 1.18. The van der Waals surface area contributed by atoms with Gasteiger partial charge in [0, 0.05) is 18.5 Å². The molecule has 0 aromatic carbocycles. The maximum atomic E-state index is 10.4. The minimum Gasteiger partial charge on any atom is -0.550 e. The van der Waals surface area contributed by atoms with Crippen LogP contribution >= 0.6 is 0 Å². The Balaban J connectivity index is 3.85. The van der Waals surface area contributed by atoms with Crippen molar-refractivity contribution in [1.29, 1.82) is 0 Å². The van der Waals surface area contributed by atoms with E-state index in [1.807, 2.05) is 6.92 Å². The standard InChI is InChI=1S/C10H18O3/c1-7(2)9(6-11)5-4-8(3)10(12)13/h8-9,11H,1,4-6H2,2-3H3,(H,12,13)/p-1. The van der Waals surface area contributed by atoms with Crippen LogP contribution in [0.5, 0.6) is 0 Å². The van der Waals surface area contributed by atoms with E-state index >= 15 is 0 Å².